The highest BCUT2D eigenvalue weighted by Crippen LogP contribution is 2.28. The molecule has 2 N–H and O–H groups in total. The number of amides is 1. The molecule has 1 amide bonds. The lowest BCUT2D eigenvalue weighted by Gasteiger charge is -2.38. The monoisotopic (exact) mass is 252 g/mol. The molecule has 0 aliphatic carbocycles. The van der Waals surface area contributed by atoms with E-state index in [0.29, 0.717) is 31.1 Å². The average molecular weight is 252 g/mol. The minimum absolute atomic E-state index is 0.0659. The Balaban J connectivity index is 2.03. The molecule has 1 saturated heterocycles. The van der Waals surface area contributed by atoms with E-state index < -0.39 is 0 Å². The molecule has 0 aromatic heterocycles. The zero-order chi connectivity index (χ0) is 13.2. The predicted molar refractivity (Wildman–Crippen MR) is 68.1 cm³/mol. The van der Waals surface area contributed by atoms with Crippen molar-refractivity contribution in [3.05, 3.63) is 24.0 Å². The number of rotatable bonds is 4. The second-order valence-corrected chi connectivity index (χ2v) is 5.03. The molecule has 1 aliphatic heterocycles. The van der Waals surface area contributed by atoms with Crippen LogP contribution in [-0.4, -0.2) is 25.7 Å². The quantitative estimate of drug-likeness (QED) is 0.864. The topological polar surface area (TPSA) is 50.4 Å². The summed E-state index contributed by atoms with van der Waals surface area (Å²) in [6.07, 6.45) is 0. The third-order valence-corrected chi connectivity index (χ3v) is 2.89. The van der Waals surface area contributed by atoms with Crippen LogP contribution in [0.3, 0.4) is 0 Å². The van der Waals surface area contributed by atoms with Crippen molar-refractivity contribution in [2.75, 3.05) is 30.4 Å². The van der Waals surface area contributed by atoms with E-state index >= 15 is 0 Å². The van der Waals surface area contributed by atoms with Gasteiger partial charge in [0.05, 0.1) is 18.9 Å². The summed E-state index contributed by atoms with van der Waals surface area (Å²) in [4.78, 5) is 10.9. The van der Waals surface area contributed by atoms with E-state index in [1.807, 2.05) is 0 Å². The standard InChI is InChI=1S/C13H17FN2O2/c1-9(17)16-10-3-4-11(14)12(5-10)15-6-13(2)7-18-8-13/h3-5,15H,6-8H2,1-2H3,(H,16,17). The fraction of sp³-hybridized carbons (Fsp3) is 0.462. The van der Waals surface area contributed by atoms with Crippen molar-refractivity contribution in [1.82, 2.24) is 0 Å². The van der Waals surface area contributed by atoms with Crippen LogP contribution in [-0.2, 0) is 9.53 Å². The van der Waals surface area contributed by atoms with Crippen LogP contribution in [0.4, 0.5) is 15.8 Å². The van der Waals surface area contributed by atoms with Crippen LogP contribution < -0.4 is 10.6 Å². The normalized spacial score (nSPS) is 16.8. The Morgan fingerprint density at radius 3 is 2.78 bits per heavy atom. The highest BCUT2D eigenvalue weighted by molar-refractivity contribution is 5.89. The van der Waals surface area contributed by atoms with E-state index in [1.54, 1.807) is 6.07 Å². The summed E-state index contributed by atoms with van der Waals surface area (Å²) in [5.74, 6) is -0.500. The van der Waals surface area contributed by atoms with Crippen molar-refractivity contribution in [2.24, 2.45) is 5.41 Å². The number of carbonyl (C=O) groups excluding carboxylic acids is 1. The minimum atomic E-state index is -0.326. The summed E-state index contributed by atoms with van der Waals surface area (Å²) in [6.45, 7) is 5.52. The zero-order valence-corrected chi connectivity index (χ0v) is 10.5. The second-order valence-electron chi connectivity index (χ2n) is 5.03. The summed E-state index contributed by atoms with van der Waals surface area (Å²) in [5, 5.41) is 5.69. The number of hydrogen-bond acceptors (Lipinski definition) is 3. The van der Waals surface area contributed by atoms with Crippen LogP contribution in [0, 0.1) is 11.2 Å². The highest BCUT2D eigenvalue weighted by atomic mass is 19.1. The van der Waals surface area contributed by atoms with Gasteiger partial charge >= 0.3 is 0 Å². The first-order chi connectivity index (χ1) is 8.48. The van der Waals surface area contributed by atoms with Gasteiger partial charge in [0.25, 0.3) is 0 Å². The Morgan fingerprint density at radius 2 is 2.22 bits per heavy atom. The van der Waals surface area contributed by atoms with Gasteiger partial charge in [-0.25, -0.2) is 4.39 Å². The van der Waals surface area contributed by atoms with Crippen molar-refractivity contribution < 1.29 is 13.9 Å². The zero-order valence-electron chi connectivity index (χ0n) is 10.5. The molecule has 0 unspecified atom stereocenters. The van der Waals surface area contributed by atoms with Gasteiger partial charge in [-0.05, 0) is 18.2 Å². The van der Waals surface area contributed by atoms with Crippen LogP contribution in [0.25, 0.3) is 0 Å². The lowest BCUT2D eigenvalue weighted by atomic mass is 9.88. The Morgan fingerprint density at radius 1 is 1.50 bits per heavy atom. The Hall–Kier alpha value is -1.62. The Labute approximate surface area is 106 Å². The Kier molecular flexibility index (Phi) is 3.52. The summed E-state index contributed by atoms with van der Waals surface area (Å²) >= 11 is 0. The van der Waals surface area contributed by atoms with E-state index in [0.717, 1.165) is 0 Å². The van der Waals surface area contributed by atoms with E-state index in [-0.39, 0.29) is 17.1 Å². The van der Waals surface area contributed by atoms with Gasteiger partial charge in [0.15, 0.2) is 0 Å². The Bertz CT molecular complexity index is 458. The first kappa shape index (κ1) is 12.8. The fourth-order valence-electron chi connectivity index (χ4n) is 1.80. The van der Waals surface area contributed by atoms with E-state index in [4.69, 9.17) is 4.74 Å². The van der Waals surface area contributed by atoms with Gasteiger partial charge in [0.2, 0.25) is 5.91 Å². The van der Waals surface area contributed by atoms with E-state index in [1.165, 1.54) is 19.1 Å². The van der Waals surface area contributed by atoms with Crippen LogP contribution in [0.15, 0.2) is 18.2 Å². The van der Waals surface area contributed by atoms with Crippen LogP contribution >= 0.6 is 0 Å². The summed E-state index contributed by atoms with van der Waals surface area (Å²) in [7, 11) is 0. The molecular formula is C13H17FN2O2. The molecule has 98 valence electrons. The fourth-order valence-corrected chi connectivity index (χ4v) is 1.80. The molecule has 0 bridgehead atoms. The third kappa shape index (κ3) is 2.98. The van der Waals surface area contributed by atoms with Gasteiger partial charge in [0, 0.05) is 24.6 Å². The molecule has 5 heteroatoms. The summed E-state index contributed by atoms with van der Waals surface area (Å²) < 4.78 is 18.7. The van der Waals surface area contributed by atoms with Gasteiger partial charge in [-0.15, -0.1) is 0 Å². The van der Waals surface area contributed by atoms with Crippen molar-refractivity contribution in [2.45, 2.75) is 13.8 Å². The SMILES string of the molecule is CC(=O)Nc1ccc(F)c(NCC2(C)COC2)c1. The molecule has 1 aromatic rings. The van der Waals surface area contributed by atoms with Crippen LogP contribution in [0.2, 0.25) is 0 Å². The maximum Gasteiger partial charge on any atom is 0.221 e. The number of anilines is 2. The minimum Gasteiger partial charge on any atom is -0.382 e. The number of halogens is 1. The molecule has 2 rings (SSSR count). The number of benzene rings is 1. The average Bonchev–Trinajstić information content (AvgIpc) is 2.26. The van der Waals surface area contributed by atoms with Crippen molar-refractivity contribution >= 4 is 17.3 Å². The third-order valence-electron chi connectivity index (χ3n) is 2.89. The maximum absolute atomic E-state index is 13.6. The van der Waals surface area contributed by atoms with Gasteiger partial charge < -0.3 is 15.4 Å². The van der Waals surface area contributed by atoms with Gasteiger partial charge in [-0.3, -0.25) is 4.79 Å². The number of hydrogen-bond donors (Lipinski definition) is 2. The van der Waals surface area contributed by atoms with Gasteiger partial charge in [0.1, 0.15) is 5.82 Å². The highest BCUT2D eigenvalue weighted by Gasteiger charge is 2.33. The second kappa shape index (κ2) is 4.94. The molecule has 1 aromatic carbocycles. The van der Waals surface area contributed by atoms with Crippen molar-refractivity contribution in [1.29, 1.82) is 0 Å². The van der Waals surface area contributed by atoms with Gasteiger partial charge in [-0.2, -0.15) is 0 Å². The molecule has 0 saturated carbocycles. The molecule has 18 heavy (non-hydrogen) atoms. The maximum atomic E-state index is 13.6. The summed E-state index contributed by atoms with van der Waals surface area (Å²) in [5.41, 5.74) is 1.05. The van der Waals surface area contributed by atoms with Crippen LogP contribution in [0.5, 0.6) is 0 Å². The van der Waals surface area contributed by atoms with Crippen molar-refractivity contribution in [3.63, 3.8) is 0 Å². The van der Waals surface area contributed by atoms with E-state index in [2.05, 4.69) is 17.6 Å². The largest absolute Gasteiger partial charge is 0.382 e. The molecule has 1 fully saturated rings. The molecule has 0 spiro atoms. The first-order valence-corrected chi connectivity index (χ1v) is 5.87. The predicted octanol–water partition coefficient (Wildman–Crippen LogP) is 2.23. The van der Waals surface area contributed by atoms with E-state index in [9.17, 15) is 9.18 Å². The molecule has 1 heterocycles. The van der Waals surface area contributed by atoms with Crippen molar-refractivity contribution in [3.8, 4) is 0 Å². The smallest absolute Gasteiger partial charge is 0.221 e. The molecule has 0 radical (unpaired) electrons. The number of carbonyl (C=O) groups is 1. The molecule has 0 atom stereocenters. The first-order valence-electron chi connectivity index (χ1n) is 5.87. The molecular weight excluding hydrogens is 235 g/mol. The lowest BCUT2D eigenvalue weighted by molar-refractivity contribution is -0.114. The lowest BCUT2D eigenvalue weighted by Crippen LogP contribution is -2.45. The van der Waals surface area contributed by atoms with Gasteiger partial charge in [-0.1, -0.05) is 6.92 Å². The summed E-state index contributed by atoms with van der Waals surface area (Å²) in [6, 6.07) is 4.48. The van der Waals surface area contributed by atoms with Crippen LogP contribution in [0.1, 0.15) is 13.8 Å². The number of nitrogens with one attached hydrogen (secondary N) is 2. The molecule has 4 nitrogen and oxygen atoms in total. The molecule has 1 aliphatic rings. The number of ether oxygens (including phenoxy) is 1.